The third-order valence-electron chi connectivity index (χ3n) is 3.95. The van der Waals surface area contributed by atoms with Gasteiger partial charge in [0.2, 0.25) is 0 Å². The van der Waals surface area contributed by atoms with Crippen LogP contribution in [0.5, 0.6) is 0 Å². The van der Waals surface area contributed by atoms with Crippen molar-refractivity contribution in [3.8, 4) is 11.6 Å². The van der Waals surface area contributed by atoms with Crippen LogP contribution < -0.4 is 5.73 Å². The molecule has 3 aromatic rings. The molecule has 1 fully saturated rings. The van der Waals surface area contributed by atoms with E-state index in [1.54, 1.807) is 0 Å². The van der Waals surface area contributed by atoms with Gasteiger partial charge in [0.05, 0.1) is 5.54 Å². The van der Waals surface area contributed by atoms with Crippen LogP contribution in [0.15, 0.2) is 29.0 Å². The molecule has 0 amide bonds. The van der Waals surface area contributed by atoms with Crippen LogP contribution in [0, 0.1) is 6.92 Å². The van der Waals surface area contributed by atoms with Gasteiger partial charge < -0.3 is 14.7 Å². The summed E-state index contributed by atoms with van der Waals surface area (Å²) < 4.78 is 7.25. The quantitative estimate of drug-likeness (QED) is 0.786. The van der Waals surface area contributed by atoms with Crippen LogP contribution in [0.3, 0.4) is 0 Å². The number of hydrogen-bond donors (Lipinski definition) is 1. The normalized spacial score (nSPS) is 16.5. The SMILES string of the molecule is Cc1ccn2cc(-c3nc(C4(N)CCC4)no3)nc2c1.Cl. The molecule has 3 heterocycles. The lowest BCUT2D eigenvalue weighted by molar-refractivity contribution is 0.229. The van der Waals surface area contributed by atoms with Crippen LogP contribution in [0.4, 0.5) is 0 Å². The van der Waals surface area contributed by atoms with Gasteiger partial charge in [0.1, 0.15) is 11.3 Å². The third kappa shape index (κ3) is 2.20. The Kier molecular flexibility index (Phi) is 3.22. The molecule has 110 valence electrons. The van der Waals surface area contributed by atoms with E-state index in [1.807, 2.05) is 35.9 Å². The first-order chi connectivity index (χ1) is 9.64. The Morgan fingerprint density at radius 2 is 2.14 bits per heavy atom. The Morgan fingerprint density at radius 3 is 2.86 bits per heavy atom. The van der Waals surface area contributed by atoms with Crippen molar-refractivity contribution in [2.24, 2.45) is 5.73 Å². The van der Waals surface area contributed by atoms with Crippen LogP contribution in [0.2, 0.25) is 0 Å². The fraction of sp³-hybridized carbons (Fsp3) is 0.357. The molecule has 0 unspecified atom stereocenters. The molecule has 1 aliphatic carbocycles. The monoisotopic (exact) mass is 305 g/mol. The lowest BCUT2D eigenvalue weighted by Gasteiger charge is -2.34. The van der Waals surface area contributed by atoms with Crippen molar-refractivity contribution in [2.45, 2.75) is 31.7 Å². The Labute approximate surface area is 127 Å². The molecular formula is C14H16ClN5O. The van der Waals surface area contributed by atoms with Crippen molar-refractivity contribution in [1.82, 2.24) is 19.5 Å². The molecule has 7 heteroatoms. The van der Waals surface area contributed by atoms with E-state index < -0.39 is 5.54 Å². The fourth-order valence-corrected chi connectivity index (χ4v) is 2.50. The summed E-state index contributed by atoms with van der Waals surface area (Å²) in [5.41, 5.74) is 8.50. The summed E-state index contributed by atoms with van der Waals surface area (Å²) >= 11 is 0. The van der Waals surface area contributed by atoms with Gasteiger partial charge in [-0.3, -0.25) is 0 Å². The van der Waals surface area contributed by atoms with Crippen LogP contribution >= 0.6 is 12.4 Å². The number of imidazole rings is 1. The summed E-state index contributed by atoms with van der Waals surface area (Å²) in [5.74, 6) is 1.02. The molecule has 21 heavy (non-hydrogen) atoms. The highest BCUT2D eigenvalue weighted by atomic mass is 35.5. The Morgan fingerprint density at radius 1 is 1.33 bits per heavy atom. The maximum atomic E-state index is 6.20. The molecule has 2 N–H and O–H groups in total. The van der Waals surface area contributed by atoms with E-state index in [0.717, 1.165) is 30.5 Å². The molecule has 0 atom stereocenters. The van der Waals surface area contributed by atoms with Crippen molar-refractivity contribution in [3.63, 3.8) is 0 Å². The van der Waals surface area contributed by atoms with Crippen LogP contribution in [0.25, 0.3) is 17.2 Å². The molecule has 4 rings (SSSR count). The third-order valence-corrected chi connectivity index (χ3v) is 3.95. The summed E-state index contributed by atoms with van der Waals surface area (Å²) in [6, 6.07) is 4.04. The molecule has 3 aromatic heterocycles. The molecule has 0 spiro atoms. The maximum absolute atomic E-state index is 6.20. The number of nitrogens with zero attached hydrogens (tertiary/aromatic N) is 4. The van der Waals surface area contributed by atoms with E-state index in [4.69, 9.17) is 10.3 Å². The number of halogens is 1. The smallest absolute Gasteiger partial charge is 0.278 e. The first-order valence-corrected chi connectivity index (χ1v) is 6.73. The van der Waals surface area contributed by atoms with Gasteiger partial charge >= 0.3 is 0 Å². The summed E-state index contributed by atoms with van der Waals surface area (Å²) in [7, 11) is 0. The zero-order chi connectivity index (χ0) is 13.7. The zero-order valence-corrected chi connectivity index (χ0v) is 12.4. The number of fused-ring (bicyclic) bond motifs is 1. The topological polar surface area (TPSA) is 82.2 Å². The van der Waals surface area contributed by atoms with Gasteiger partial charge in [-0.1, -0.05) is 5.16 Å². The maximum Gasteiger partial charge on any atom is 0.278 e. The molecule has 1 saturated carbocycles. The molecule has 0 radical (unpaired) electrons. The standard InChI is InChI=1S/C14H15N5O.ClH/c1-9-3-6-19-8-10(16-11(19)7-9)12-17-13(18-20-12)14(15)4-2-5-14;/h3,6-8H,2,4-5,15H2,1H3;1H. The van der Waals surface area contributed by atoms with Gasteiger partial charge in [-0.25, -0.2) is 4.98 Å². The number of aryl methyl sites for hydroxylation is 1. The lowest BCUT2D eigenvalue weighted by Crippen LogP contribution is -2.44. The number of aromatic nitrogens is 4. The van der Waals surface area contributed by atoms with Crippen molar-refractivity contribution >= 4 is 18.1 Å². The van der Waals surface area contributed by atoms with Gasteiger partial charge in [-0.15, -0.1) is 12.4 Å². The molecule has 6 nitrogen and oxygen atoms in total. The van der Waals surface area contributed by atoms with Crippen molar-refractivity contribution < 1.29 is 4.52 Å². The first kappa shape index (κ1) is 14.0. The minimum atomic E-state index is -0.405. The minimum Gasteiger partial charge on any atom is -0.332 e. The minimum absolute atomic E-state index is 0. The molecule has 0 aromatic carbocycles. The second-order valence-corrected chi connectivity index (χ2v) is 5.53. The van der Waals surface area contributed by atoms with Gasteiger partial charge in [0, 0.05) is 12.4 Å². The van der Waals surface area contributed by atoms with Crippen molar-refractivity contribution in [2.75, 3.05) is 0 Å². The number of rotatable bonds is 2. The van der Waals surface area contributed by atoms with Gasteiger partial charge in [0.25, 0.3) is 5.89 Å². The highest BCUT2D eigenvalue weighted by molar-refractivity contribution is 5.85. The zero-order valence-electron chi connectivity index (χ0n) is 11.6. The summed E-state index contributed by atoms with van der Waals surface area (Å²) in [6.45, 7) is 2.04. The summed E-state index contributed by atoms with van der Waals surface area (Å²) in [5, 5.41) is 4.01. The summed E-state index contributed by atoms with van der Waals surface area (Å²) in [6.07, 6.45) is 6.80. The Hall–Kier alpha value is -1.92. The van der Waals surface area contributed by atoms with Crippen LogP contribution in [0.1, 0.15) is 30.7 Å². The van der Waals surface area contributed by atoms with E-state index >= 15 is 0 Å². The number of hydrogen-bond acceptors (Lipinski definition) is 5. The Bertz CT molecular complexity index is 790. The summed E-state index contributed by atoms with van der Waals surface area (Å²) in [4.78, 5) is 8.92. The predicted octanol–water partition coefficient (Wildman–Crippen LogP) is 2.45. The fourth-order valence-electron chi connectivity index (χ4n) is 2.50. The average molecular weight is 306 g/mol. The van der Waals surface area contributed by atoms with Gasteiger partial charge in [0.15, 0.2) is 5.82 Å². The van der Waals surface area contributed by atoms with E-state index in [2.05, 4.69) is 15.1 Å². The van der Waals surface area contributed by atoms with Gasteiger partial charge in [-0.2, -0.15) is 4.98 Å². The van der Waals surface area contributed by atoms with E-state index in [-0.39, 0.29) is 12.4 Å². The molecule has 1 aliphatic rings. The molecule has 0 aliphatic heterocycles. The molecular weight excluding hydrogens is 290 g/mol. The van der Waals surface area contributed by atoms with Crippen molar-refractivity contribution in [1.29, 1.82) is 0 Å². The first-order valence-electron chi connectivity index (χ1n) is 6.73. The van der Waals surface area contributed by atoms with Gasteiger partial charge in [-0.05, 0) is 43.9 Å². The number of nitrogens with two attached hydrogens (primary N) is 1. The highest BCUT2D eigenvalue weighted by Gasteiger charge is 2.39. The largest absolute Gasteiger partial charge is 0.332 e. The Balaban J connectivity index is 0.00000132. The molecule has 0 bridgehead atoms. The van der Waals surface area contributed by atoms with E-state index in [1.165, 1.54) is 0 Å². The average Bonchev–Trinajstić information content (AvgIpc) is 3.01. The van der Waals surface area contributed by atoms with Crippen molar-refractivity contribution in [3.05, 3.63) is 35.9 Å². The highest BCUT2D eigenvalue weighted by Crippen LogP contribution is 2.37. The predicted molar refractivity (Wildman–Crippen MR) is 80.2 cm³/mol. The van der Waals surface area contributed by atoms with E-state index in [9.17, 15) is 0 Å². The molecule has 0 saturated heterocycles. The second kappa shape index (κ2) is 4.82. The second-order valence-electron chi connectivity index (χ2n) is 5.53. The van der Waals surface area contributed by atoms with Crippen LogP contribution in [-0.4, -0.2) is 19.5 Å². The van der Waals surface area contributed by atoms with E-state index in [0.29, 0.717) is 17.4 Å². The lowest BCUT2D eigenvalue weighted by atomic mass is 9.77. The number of pyridine rings is 1. The van der Waals surface area contributed by atoms with Crippen LogP contribution in [-0.2, 0) is 5.54 Å².